The van der Waals surface area contributed by atoms with E-state index in [1.54, 1.807) is 12.1 Å². The molecule has 1 fully saturated rings. The number of halogens is 1. The van der Waals surface area contributed by atoms with Crippen molar-refractivity contribution in [2.24, 2.45) is 0 Å². The number of benzene rings is 2. The summed E-state index contributed by atoms with van der Waals surface area (Å²) < 4.78 is 24.2. The molecule has 3 amide bonds. The van der Waals surface area contributed by atoms with Crippen molar-refractivity contribution in [3.8, 4) is 11.5 Å². The Morgan fingerprint density at radius 2 is 1.97 bits per heavy atom. The minimum Gasteiger partial charge on any atom is -0.497 e. The van der Waals surface area contributed by atoms with Crippen LogP contribution in [0.3, 0.4) is 0 Å². The van der Waals surface area contributed by atoms with Gasteiger partial charge >= 0.3 is 0 Å². The normalized spacial score (nSPS) is 14.6. The number of ether oxygens (including phenoxy) is 2. The molecule has 0 radical (unpaired) electrons. The summed E-state index contributed by atoms with van der Waals surface area (Å²) in [5.74, 6) is -0.847. The number of hydrogen-bond acceptors (Lipinski definition) is 7. The van der Waals surface area contributed by atoms with Crippen LogP contribution in [0.1, 0.15) is 15.9 Å². The Hall–Kier alpha value is -3.66. The third kappa shape index (κ3) is 5.52. The van der Waals surface area contributed by atoms with Crippen molar-refractivity contribution in [1.82, 2.24) is 10.2 Å². The van der Waals surface area contributed by atoms with E-state index in [9.17, 15) is 23.6 Å². The Bertz CT molecular complexity index is 1090. The predicted octanol–water partition coefficient (Wildman–Crippen LogP) is 2.88. The van der Waals surface area contributed by atoms with E-state index in [0.29, 0.717) is 23.8 Å². The van der Waals surface area contributed by atoms with Crippen LogP contribution in [0.15, 0.2) is 47.4 Å². The highest BCUT2D eigenvalue weighted by molar-refractivity contribution is 8.18. The van der Waals surface area contributed by atoms with Gasteiger partial charge in [0.1, 0.15) is 17.3 Å². The van der Waals surface area contributed by atoms with E-state index in [1.165, 1.54) is 43.5 Å². The SMILES string of the molecule is COc1ccc(OCC(=O)NCCN2C(=O)S/C(=C\c3ccccc3F)C2=O)c(C=O)c1. The molecular formula is C22H19FN2O6S. The molecule has 1 heterocycles. The van der Waals surface area contributed by atoms with Gasteiger partial charge in [-0.15, -0.1) is 0 Å². The van der Waals surface area contributed by atoms with Gasteiger partial charge in [-0.05, 0) is 42.1 Å². The second kappa shape index (κ2) is 10.6. The largest absolute Gasteiger partial charge is 0.497 e. The first-order valence-electron chi connectivity index (χ1n) is 9.45. The van der Waals surface area contributed by atoms with E-state index >= 15 is 0 Å². The molecule has 1 N–H and O–H groups in total. The van der Waals surface area contributed by atoms with Crippen LogP contribution in [0, 0.1) is 5.82 Å². The number of carbonyl (C=O) groups excluding carboxylic acids is 4. The van der Waals surface area contributed by atoms with Crippen LogP contribution >= 0.6 is 11.8 Å². The first-order valence-corrected chi connectivity index (χ1v) is 10.3. The second-order valence-corrected chi connectivity index (χ2v) is 7.51. The summed E-state index contributed by atoms with van der Waals surface area (Å²) in [6.45, 7) is -0.397. The molecule has 2 aromatic rings. The van der Waals surface area contributed by atoms with E-state index < -0.39 is 22.9 Å². The van der Waals surface area contributed by atoms with Crippen LogP contribution in [-0.4, -0.2) is 55.0 Å². The summed E-state index contributed by atoms with van der Waals surface area (Å²) in [5.41, 5.74) is 0.438. The van der Waals surface area contributed by atoms with Gasteiger partial charge < -0.3 is 14.8 Å². The van der Waals surface area contributed by atoms with Gasteiger partial charge in [-0.1, -0.05) is 18.2 Å². The molecule has 0 spiro atoms. The Balaban J connectivity index is 1.50. The maximum atomic E-state index is 13.8. The van der Waals surface area contributed by atoms with Crippen LogP contribution < -0.4 is 14.8 Å². The minimum atomic E-state index is -0.553. The summed E-state index contributed by atoms with van der Waals surface area (Å²) >= 11 is 0.710. The average molecular weight is 458 g/mol. The fraction of sp³-hybridized carbons (Fsp3) is 0.182. The number of methoxy groups -OCH3 is 1. The Morgan fingerprint density at radius 1 is 1.19 bits per heavy atom. The van der Waals surface area contributed by atoms with Crippen LogP contribution in [-0.2, 0) is 9.59 Å². The molecule has 166 valence electrons. The quantitative estimate of drug-likeness (QED) is 0.455. The highest BCUT2D eigenvalue weighted by atomic mass is 32.2. The molecule has 1 aliphatic rings. The summed E-state index contributed by atoms with van der Waals surface area (Å²) in [5, 5.41) is 2.04. The molecule has 8 nitrogen and oxygen atoms in total. The molecule has 1 aliphatic heterocycles. The first-order chi connectivity index (χ1) is 15.4. The first kappa shape index (κ1) is 23.0. The van der Waals surface area contributed by atoms with Gasteiger partial charge in [0.2, 0.25) is 0 Å². The van der Waals surface area contributed by atoms with Crippen molar-refractivity contribution in [3.63, 3.8) is 0 Å². The highest BCUT2D eigenvalue weighted by Gasteiger charge is 2.34. The highest BCUT2D eigenvalue weighted by Crippen LogP contribution is 2.32. The number of hydrogen-bond donors (Lipinski definition) is 1. The van der Waals surface area contributed by atoms with Crippen molar-refractivity contribution in [2.45, 2.75) is 0 Å². The number of thioether (sulfide) groups is 1. The lowest BCUT2D eigenvalue weighted by molar-refractivity contribution is -0.125. The number of rotatable bonds is 9. The molecule has 32 heavy (non-hydrogen) atoms. The molecule has 0 unspecified atom stereocenters. The molecule has 0 atom stereocenters. The van der Waals surface area contributed by atoms with Crippen molar-refractivity contribution in [2.75, 3.05) is 26.8 Å². The summed E-state index contributed by atoms with van der Waals surface area (Å²) in [4.78, 5) is 48.8. The van der Waals surface area contributed by atoms with Crippen LogP contribution in [0.4, 0.5) is 9.18 Å². The Labute approximate surface area is 187 Å². The summed E-state index contributed by atoms with van der Waals surface area (Å²) in [6.07, 6.45) is 1.91. The zero-order valence-corrected chi connectivity index (χ0v) is 17.8. The topological polar surface area (TPSA) is 102 Å². The van der Waals surface area contributed by atoms with Crippen LogP contribution in [0.2, 0.25) is 0 Å². The number of aldehydes is 1. The molecule has 10 heteroatoms. The van der Waals surface area contributed by atoms with Gasteiger partial charge in [0.05, 0.1) is 17.6 Å². The summed E-state index contributed by atoms with van der Waals surface area (Å²) in [6, 6.07) is 10.5. The third-order valence-electron chi connectivity index (χ3n) is 4.43. The second-order valence-electron chi connectivity index (χ2n) is 6.52. The maximum absolute atomic E-state index is 13.8. The molecule has 1 saturated heterocycles. The molecule has 0 saturated carbocycles. The number of amides is 3. The van der Waals surface area contributed by atoms with Gasteiger partial charge in [0.25, 0.3) is 17.1 Å². The van der Waals surface area contributed by atoms with Gasteiger partial charge in [-0.3, -0.25) is 24.1 Å². The number of carbonyl (C=O) groups is 4. The van der Waals surface area contributed by atoms with Crippen LogP contribution in [0.5, 0.6) is 11.5 Å². The smallest absolute Gasteiger partial charge is 0.293 e. The molecule has 2 aromatic carbocycles. The molecule has 0 bridgehead atoms. The average Bonchev–Trinajstić information content (AvgIpc) is 3.06. The lowest BCUT2D eigenvalue weighted by atomic mass is 10.2. The molecule has 0 aliphatic carbocycles. The van der Waals surface area contributed by atoms with Gasteiger partial charge in [0, 0.05) is 18.7 Å². The summed E-state index contributed by atoms with van der Waals surface area (Å²) in [7, 11) is 1.46. The fourth-order valence-electron chi connectivity index (χ4n) is 2.80. The molecular weight excluding hydrogens is 439 g/mol. The zero-order valence-electron chi connectivity index (χ0n) is 17.0. The van der Waals surface area contributed by atoms with Crippen molar-refractivity contribution in [3.05, 3.63) is 64.3 Å². The maximum Gasteiger partial charge on any atom is 0.293 e. The fourth-order valence-corrected chi connectivity index (χ4v) is 3.66. The lowest BCUT2D eigenvalue weighted by Gasteiger charge is -2.13. The van der Waals surface area contributed by atoms with Gasteiger partial charge in [-0.2, -0.15) is 0 Å². The minimum absolute atomic E-state index is 0.0103. The van der Waals surface area contributed by atoms with Crippen molar-refractivity contribution < 1.29 is 33.0 Å². The van der Waals surface area contributed by atoms with E-state index in [2.05, 4.69) is 5.32 Å². The molecule has 3 rings (SSSR count). The number of imide groups is 1. The predicted molar refractivity (Wildman–Crippen MR) is 116 cm³/mol. The zero-order chi connectivity index (χ0) is 23.1. The number of nitrogens with zero attached hydrogens (tertiary/aromatic N) is 1. The standard InChI is InChI=1S/C22H19FN2O6S/c1-30-16-6-7-18(15(10-16)12-26)31-13-20(27)24-8-9-25-21(28)19(32-22(25)29)11-14-4-2-3-5-17(14)23/h2-7,10-12H,8-9,13H2,1H3,(H,24,27)/b19-11-. The third-order valence-corrected chi connectivity index (χ3v) is 5.33. The number of nitrogens with one attached hydrogen (secondary N) is 1. The van der Waals surface area contributed by atoms with E-state index in [0.717, 1.165) is 4.90 Å². The molecule has 0 aromatic heterocycles. The van der Waals surface area contributed by atoms with E-state index in [1.807, 2.05) is 0 Å². The van der Waals surface area contributed by atoms with Crippen molar-refractivity contribution >= 4 is 41.2 Å². The van der Waals surface area contributed by atoms with Crippen molar-refractivity contribution in [1.29, 1.82) is 0 Å². The van der Waals surface area contributed by atoms with E-state index in [-0.39, 0.29) is 41.5 Å². The van der Waals surface area contributed by atoms with Gasteiger partial charge in [-0.25, -0.2) is 4.39 Å². The van der Waals surface area contributed by atoms with Gasteiger partial charge in [0.15, 0.2) is 12.9 Å². The monoisotopic (exact) mass is 458 g/mol. The Morgan fingerprint density at radius 3 is 2.69 bits per heavy atom. The lowest BCUT2D eigenvalue weighted by Crippen LogP contribution is -2.38. The van der Waals surface area contributed by atoms with Crippen LogP contribution in [0.25, 0.3) is 6.08 Å². The van der Waals surface area contributed by atoms with E-state index in [4.69, 9.17) is 9.47 Å². The Kier molecular flexibility index (Phi) is 7.61.